The molecule has 6 rings (SSSR count). The third kappa shape index (κ3) is 8.28. The van der Waals surface area contributed by atoms with Crippen LogP contribution in [0.2, 0.25) is 5.02 Å². The number of rotatable bonds is 12. The molecule has 49 heavy (non-hydrogen) atoms. The topological polar surface area (TPSA) is 139 Å². The summed E-state index contributed by atoms with van der Waals surface area (Å²) in [5.74, 6) is 1.45. The summed E-state index contributed by atoms with van der Waals surface area (Å²) in [6, 6.07) is 16.6. The van der Waals surface area contributed by atoms with Crippen LogP contribution in [-0.2, 0) is 20.9 Å². The molecule has 3 atom stereocenters. The van der Waals surface area contributed by atoms with Crippen LogP contribution in [0.4, 0.5) is 17.1 Å². The number of halogens is 1. The molecule has 1 unspecified atom stereocenters. The maximum Gasteiger partial charge on any atom is 0.302 e. The van der Waals surface area contributed by atoms with Gasteiger partial charge in [-0.1, -0.05) is 23.7 Å². The molecule has 11 nitrogen and oxygen atoms in total. The van der Waals surface area contributed by atoms with Gasteiger partial charge >= 0.3 is 5.97 Å². The number of nitrogens with zero attached hydrogens (tertiary/aromatic N) is 4. The van der Waals surface area contributed by atoms with Gasteiger partial charge in [0.15, 0.2) is 0 Å². The monoisotopic (exact) mass is 680 g/mol. The van der Waals surface area contributed by atoms with E-state index >= 15 is 0 Å². The third-order valence-corrected chi connectivity index (χ3v) is 8.99. The van der Waals surface area contributed by atoms with Crippen molar-refractivity contribution in [2.24, 2.45) is 11.8 Å². The number of ether oxygens (including phenoxy) is 3. The molecule has 0 bridgehead atoms. The van der Waals surface area contributed by atoms with Gasteiger partial charge in [-0.25, -0.2) is 0 Å². The highest BCUT2D eigenvalue weighted by Crippen LogP contribution is 2.40. The zero-order chi connectivity index (χ0) is 34.3. The van der Waals surface area contributed by atoms with Crippen LogP contribution in [0.3, 0.4) is 0 Å². The maximum absolute atomic E-state index is 13.1. The van der Waals surface area contributed by atoms with E-state index in [1.165, 1.54) is 19.2 Å². The highest BCUT2D eigenvalue weighted by atomic mass is 35.5. The number of benzene rings is 2. The summed E-state index contributed by atoms with van der Waals surface area (Å²) in [7, 11) is 0. The molecular formula is C37H37ClN6O5. The third-order valence-electron chi connectivity index (χ3n) is 8.70. The van der Waals surface area contributed by atoms with E-state index < -0.39 is 0 Å². The van der Waals surface area contributed by atoms with Crippen molar-refractivity contribution in [2.45, 2.75) is 39.4 Å². The average Bonchev–Trinajstić information content (AvgIpc) is 3.63. The van der Waals surface area contributed by atoms with Crippen LogP contribution in [0.15, 0.2) is 73.1 Å². The molecular weight excluding hydrogens is 644 g/mol. The Balaban J connectivity index is 1.15. The first-order valence-corrected chi connectivity index (χ1v) is 16.6. The van der Waals surface area contributed by atoms with Crippen molar-refractivity contribution >= 4 is 51.4 Å². The summed E-state index contributed by atoms with van der Waals surface area (Å²) in [6.07, 6.45) is 8.39. The Morgan fingerprint density at radius 3 is 2.59 bits per heavy atom. The molecule has 1 amide bonds. The van der Waals surface area contributed by atoms with Crippen molar-refractivity contribution < 1.29 is 23.8 Å². The average molecular weight is 681 g/mol. The first-order valence-electron chi connectivity index (χ1n) is 16.3. The normalized spacial score (nSPS) is 18.6. The van der Waals surface area contributed by atoms with E-state index in [1.54, 1.807) is 36.5 Å². The number of nitriles is 1. The minimum absolute atomic E-state index is 0.0219. The lowest BCUT2D eigenvalue weighted by Gasteiger charge is -2.17. The van der Waals surface area contributed by atoms with Crippen LogP contribution in [-0.4, -0.2) is 59.1 Å². The van der Waals surface area contributed by atoms with Crippen molar-refractivity contribution in [3.05, 3.63) is 89.4 Å². The van der Waals surface area contributed by atoms with Crippen LogP contribution >= 0.6 is 11.6 Å². The molecule has 1 saturated heterocycles. The number of nitrogens with one attached hydrogen (secondary N) is 2. The molecule has 0 radical (unpaired) electrons. The van der Waals surface area contributed by atoms with E-state index in [0.717, 1.165) is 31.6 Å². The largest absolute Gasteiger partial charge is 0.492 e. The minimum atomic E-state index is -0.304. The van der Waals surface area contributed by atoms with Gasteiger partial charge in [-0.15, -0.1) is 0 Å². The van der Waals surface area contributed by atoms with E-state index in [4.69, 9.17) is 25.8 Å². The summed E-state index contributed by atoms with van der Waals surface area (Å²) in [4.78, 5) is 35.5. The fourth-order valence-corrected chi connectivity index (χ4v) is 6.83. The lowest BCUT2D eigenvalue weighted by Crippen LogP contribution is -2.24. The second kappa shape index (κ2) is 15.4. The molecule has 252 valence electrons. The van der Waals surface area contributed by atoms with Crippen LogP contribution in [0.1, 0.15) is 37.9 Å². The molecule has 12 heteroatoms. The van der Waals surface area contributed by atoms with Crippen LogP contribution in [0, 0.1) is 23.2 Å². The minimum Gasteiger partial charge on any atom is -0.492 e. The van der Waals surface area contributed by atoms with Crippen LogP contribution in [0.25, 0.3) is 10.9 Å². The number of likely N-dealkylation sites (tertiary alicyclic amines) is 1. The summed E-state index contributed by atoms with van der Waals surface area (Å²) in [5.41, 5.74) is 3.26. The number of aromatic nitrogens is 2. The molecule has 2 aromatic heterocycles. The van der Waals surface area contributed by atoms with E-state index in [2.05, 4.69) is 31.6 Å². The Morgan fingerprint density at radius 2 is 1.90 bits per heavy atom. The Labute approximate surface area is 289 Å². The Bertz CT molecular complexity index is 1900. The molecule has 2 N–H and O–H groups in total. The molecule has 3 heterocycles. The number of pyridine rings is 2. The Kier molecular flexibility index (Phi) is 10.6. The van der Waals surface area contributed by atoms with Crippen molar-refractivity contribution in [3.8, 4) is 17.6 Å². The summed E-state index contributed by atoms with van der Waals surface area (Å²) >= 11 is 6.57. The van der Waals surface area contributed by atoms with E-state index in [-0.39, 0.29) is 24.6 Å². The number of hydrogen-bond donors (Lipinski definition) is 2. The summed E-state index contributed by atoms with van der Waals surface area (Å²) in [5, 5.41) is 17.2. The number of anilines is 3. The SMILES string of the molecule is CCOc1cc2ncc(C#N)c(Nc3ccc(OCc4ccccn4)c(Cl)c3)c2cc1NC(=O)/C=C/CN1C[C@H]2CC(OC(C)=O)C[C@H]2C1. The smallest absolute Gasteiger partial charge is 0.302 e. The zero-order valence-electron chi connectivity index (χ0n) is 27.3. The number of fused-ring (bicyclic) bond motifs is 2. The number of hydrogen-bond acceptors (Lipinski definition) is 10. The van der Waals surface area contributed by atoms with Gasteiger partial charge in [-0.05, 0) is 68.0 Å². The number of carbonyl (C=O) groups excluding carboxylic acids is 2. The van der Waals surface area contributed by atoms with Gasteiger partial charge in [0.25, 0.3) is 0 Å². The van der Waals surface area contributed by atoms with Gasteiger partial charge in [-0.3, -0.25) is 24.5 Å². The van der Waals surface area contributed by atoms with Crippen molar-refractivity contribution in [1.82, 2.24) is 14.9 Å². The lowest BCUT2D eigenvalue weighted by atomic mass is 10.0. The second-order valence-electron chi connectivity index (χ2n) is 12.2. The molecule has 2 aliphatic rings. The van der Waals surface area contributed by atoms with Crippen molar-refractivity contribution in [3.63, 3.8) is 0 Å². The summed E-state index contributed by atoms with van der Waals surface area (Å²) in [6.45, 7) is 6.46. The van der Waals surface area contributed by atoms with Crippen LogP contribution in [0.5, 0.6) is 11.5 Å². The first-order chi connectivity index (χ1) is 23.8. The Morgan fingerprint density at radius 1 is 1.08 bits per heavy atom. The molecule has 1 aliphatic heterocycles. The van der Waals surface area contributed by atoms with Crippen molar-refractivity contribution in [1.29, 1.82) is 5.26 Å². The molecule has 0 spiro atoms. The number of esters is 1. The van der Waals surface area contributed by atoms with Gasteiger partial charge < -0.3 is 24.8 Å². The molecule has 4 aromatic rings. The zero-order valence-corrected chi connectivity index (χ0v) is 28.1. The van der Waals surface area contributed by atoms with Crippen LogP contribution < -0.4 is 20.1 Å². The molecule has 2 fully saturated rings. The predicted molar refractivity (Wildman–Crippen MR) is 187 cm³/mol. The second-order valence-corrected chi connectivity index (χ2v) is 12.6. The van der Waals surface area contributed by atoms with Gasteiger partial charge in [0, 0.05) is 62.2 Å². The van der Waals surface area contributed by atoms with Gasteiger partial charge in [0.1, 0.15) is 30.3 Å². The molecule has 1 aliphatic carbocycles. The number of carbonyl (C=O) groups is 2. The highest BCUT2D eigenvalue weighted by molar-refractivity contribution is 6.32. The Hall–Kier alpha value is -5.18. The lowest BCUT2D eigenvalue weighted by molar-refractivity contribution is -0.146. The summed E-state index contributed by atoms with van der Waals surface area (Å²) < 4.78 is 17.1. The van der Waals surface area contributed by atoms with Gasteiger partial charge in [0.2, 0.25) is 5.91 Å². The fraction of sp³-hybridized carbons (Fsp3) is 0.324. The molecule has 1 saturated carbocycles. The number of amides is 1. The van der Waals surface area contributed by atoms with E-state index in [1.807, 2.05) is 31.2 Å². The molecule has 2 aromatic carbocycles. The van der Waals surface area contributed by atoms with Gasteiger partial charge in [0.05, 0.1) is 39.8 Å². The van der Waals surface area contributed by atoms with E-state index in [9.17, 15) is 14.9 Å². The first kappa shape index (κ1) is 33.7. The highest BCUT2D eigenvalue weighted by Gasteiger charge is 2.41. The maximum atomic E-state index is 13.1. The van der Waals surface area contributed by atoms with E-state index in [0.29, 0.717) is 75.0 Å². The fourth-order valence-electron chi connectivity index (χ4n) is 6.59. The quantitative estimate of drug-likeness (QED) is 0.124. The standard InChI is InChI=1S/C37H37ClN6O5/c1-3-47-35-17-32-30(16-33(35)43-36(46)8-6-12-44-20-24-13-29(49-23(2)45)14-25(24)21-44)37(26(18-39)19-41-32)42-27-9-10-34(31(38)15-27)48-22-28-7-4-5-11-40-28/h4-11,15-17,19,24-25,29H,3,12-14,20-22H2,1-2H3,(H,41,42)(H,43,46)/b8-6+/t24-,25+,29?. The predicted octanol–water partition coefficient (Wildman–Crippen LogP) is 6.64. The van der Waals surface area contributed by atoms with Crippen molar-refractivity contribution in [2.75, 3.05) is 36.9 Å². The van der Waals surface area contributed by atoms with Gasteiger partial charge in [-0.2, -0.15) is 5.26 Å².